The van der Waals surface area contributed by atoms with Crippen LogP contribution in [0.25, 0.3) is 0 Å². The third kappa shape index (κ3) is 3.30. The number of hydrogen-bond donors (Lipinski definition) is 1. The lowest BCUT2D eigenvalue weighted by Gasteiger charge is -2.20. The van der Waals surface area contributed by atoms with Crippen LogP contribution in [0.1, 0.15) is 5.56 Å². The zero-order chi connectivity index (χ0) is 14.8. The second-order valence-electron chi connectivity index (χ2n) is 4.82. The smallest absolute Gasteiger partial charge is 0.175 e. The first-order valence-electron chi connectivity index (χ1n) is 6.22. The normalized spacial score (nSPS) is 11.3. The Morgan fingerprint density at radius 2 is 1.65 bits per heavy atom. The Hall–Kier alpha value is -2.01. The molecule has 20 heavy (non-hydrogen) atoms. The van der Waals surface area contributed by atoms with Gasteiger partial charge < -0.3 is 10.6 Å². The van der Waals surface area contributed by atoms with Crippen LogP contribution in [0.2, 0.25) is 0 Å². The number of anilines is 2. The minimum atomic E-state index is -3.15. The number of para-hydroxylation sites is 1. The van der Waals surface area contributed by atoms with E-state index in [1.54, 1.807) is 24.3 Å². The van der Waals surface area contributed by atoms with Gasteiger partial charge in [0, 0.05) is 31.2 Å². The van der Waals surface area contributed by atoms with Crippen molar-refractivity contribution in [2.24, 2.45) is 0 Å². The van der Waals surface area contributed by atoms with Crippen LogP contribution in [0.15, 0.2) is 53.4 Å². The van der Waals surface area contributed by atoms with E-state index in [0.717, 1.165) is 16.9 Å². The van der Waals surface area contributed by atoms with E-state index in [0.29, 0.717) is 11.4 Å². The molecule has 0 unspecified atom stereocenters. The van der Waals surface area contributed by atoms with Gasteiger partial charge in [-0.3, -0.25) is 0 Å². The number of nitrogen functional groups attached to an aromatic ring is 1. The van der Waals surface area contributed by atoms with Crippen LogP contribution in [0, 0.1) is 0 Å². The monoisotopic (exact) mass is 290 g/mol. The molecule has 2 aromatic carbocycles. The number of benzene rings is 2. The Morgan fingerprint density at radius 3 is 2.20 bits per heavy atom. The number of rotatable bonds is 4. The summed E-state index contributed by atoms with van der Waals surface area (Å²) < 4.78 is 22.8. The van der Waals surface area contributed by atoms with Gasteiger partial charge in [0.1, 0.15) is 0 Å². The van der Waals surface area contributed by atoms with Gasteiger partial charge >= 0.3 is 0 Å². The fraction of sp³-hybridized carbons (Fsp3) is 0.200. The summed E-state index contributed by atoms with van der Waals surface area (Å²) in [4.78, 5) is 2.35. The fourth-order valence-electron chi connectivity index (χ4n) is 1.97. The highest BCUT2D eigenvalue weighted by Crippen LogP contribution is 2.20. The van der Waals surface area contributed by atoms with Gasteiger partial charge in [-0.2, -0.15) is 0 Å². The SMILES string of the molecule is CN(Cc1ccccc1N)c1ccc(S(C)(=O)=O)cc1. The molecule has 0 aliphatic carbocycles. The molecule has 0 amide bonds. The van der Waals surface area contributed by atoms with Gasteiger partial charge in [-0.05, 0) is 35.9 Å². The molecule has 0 spiro atoms. The van der Waals surface area contributed by atoms with Crippen molar-refractivity contribution in [1.29, 1.82) is 0 Å². The van der Waals surface area contributed by atoms with E-state index in [4.69, 9.17) is 5.73 Å². The van der Waals surface area contributed by atoms with Crippen LogP contribution < -0.4 is 10.6 Å². The highest BCUT2D eigenvalue weighted by atomic mass is 32.2. The number of nitrogens with two attached hydrogens (primary N) is 1. The average molecular weight is 290 g/mol. The van der Waals surface area contributed by atoms with Crippen LogP contribution in [0.3, 0.4) is 0 Å². The minimum Gasteiger partial charge on any atom is -0.398 e. The summed E-state index contributed by atoms with van der Waals surface area (Å²) in [6.45, 7) is 0.672. The molecule has 106 valence electrons. The standard InChI is InChI=1S/C15H18N2O2S/c1-17(11-12-5-3-4-6-15(12)16)13-7-9-14(10-8-13)20(2,18)19/h3-10H,11,16H2,1-2H3. The Balaban J connectivity index is 2.18. The summed E-state index contributed by atoms with van der Waals surface area (Å²) in [7, 11) is -1.20. The highest BCUT2D eigenvalue weighted by Gasteiger charge is 2.08. The summed E-state index contributed by atoms with van der Waals surface area (Å²) in [5, 5.41) is 0. The zero-order valence-corrected chi connectivity index (χ0v) is 12.4. The number of hydrogen-bond acceptors (Lipinski definition) is 4. The Bertz CT molecular complexity index is 694. The van der Waals surface area contributed by atoms with Gasteiger partial charge in [0.25, 0.3) is 0 Å². The van der Waals surface area contributed by atoms with Crippen molar-refractivity contribution in [1.82, 2.24) is 0 Å². The molecule has 2 aromatic rings. The molecule has 5 heteroatoms. The van der Waals surface area contributed by atoms with Gasteiger partial charge in [-0.1, -0.05) is 18.2 Å². The van der Waals surface area contributed by atoms with E-state index in [-0.39, 0.29) is 0 Å². The lowest BCUT2D eigenvalue weighted by atomic mass is 10.1. The van der Waals surface area contributed by atoms with Crippen molar-refractivity contribution in [2.45, 2.75) is 11.4 Å². The van der Waals surface area contributed by atoms with Crippen molar-refractivity contribution < 1.29 is 8.42 Å². The Morgan fingerprint density at radius 1 is 1.05 bits per heavy atom. The van der Waals surface area contributed by atoms with Gasteiger partial charge in [0.15, 0.2) is 9.84 Å². The molecule has 0 aliphatic rings. The van der Waals surface area contributed by atoms with Crippen molar-refractivity contribution in [3.8, 4) is 0 Å². The van der Waals surface area contributed by atoms with Crippen LogP contribution in [0.5, 0.6) is 0 Å². The zero-order valence-electron chi connectivity index (χ0n) is 11.6. The third-order valence-corrected chi connectivity index (χ3v) is 4.30. The van der Waals surface area contributed by atoms with E-state index >= 15 is 0 Å². The van der Waals surface area contributed by atoms with E-state index in [2.05, 4.69) is 0 Å². The van der Waals surface area contributed by atoms with Gasteiger partial charge in [0.05, 0.1) is 4.90 Å². The summed E-state index contributed by atoms with van der Waals surface area (Å²) in [5.74, 6) is 0. The fourth-order valence-corrected chi connectivity index (χ4v) is 2.60. The third-order valence-electron chi connectivity index (χ3n) is 3.17. The summed E-state index contributed by atoms with van der Waals surface area (Å²) in [5.41, 5.74) is 8.67. The summed E-state index contributed by atoms with van der Waals surface area (Å²) >= 11 is 0. The van der Waals surface area contributed by atoms with Crippen molar-refractivity contribution in [3.63, 3.8) is 0 Å². The predicted molar refractivity (Wildman–Crippen MR) is 82.5 cm³/mol. The molecule has 0 bridgehead atoms. The Kier molecular flexibility index (Phi) is 3.99. The topological polar surface area (TPSA) is 63.4 Å². The van der Waals surface area contributed by atoms with Crippen molar-refractivity contribution >= 4 is 21.2 Å². The summed E-state index contributed by atoms with van der Waals surface area (Å²) in [6.07, 6.45) is 1.20. The van der Waals surface area contributed by atoms with E-state index in [1.165, 1.54) is 6.26 Å². The molecular formula is C15H18N2O2S. The molecule has 0 saturated heterocycles. The second-order valence-corrected chi connectivity index (χ2v) is 6.84. The van der Waals surface area contributed by atoms with Crippen molar-refractivity contribution in [3.05, 3.63) is 54.1 Å². The quantitative estimate of drug-likeness (QED) is 0.878. The molecule has 0 saturated carbocycles. The van der Waals surface area contributed by atoms with Crippen LogP contribution >= 0.6 is 0 Å². The maximum atomic E-state index is 11.4. The van der Waals surface area contributed by atoms with E-state index in [1.807, 2.05) is 36.2 Å². The number of nitrogens with zero attached hydrogens (tertiary/aromatic N) is 1. The first-order valence-corrected chi connectivity index (χ1v) is 8.12. The van der Waals surface area contributed by atoms with Crippen LogP contribution in [0.4, 0.5) is 11.4 Å². The van der Waals surface area contributed by atoms with Gasteiger partial charge in [-0.15, -0.1) is 0 Å². The maximum absolute atomic E-state index is 11.4. The molecule has 2 rings (SSSR count). The van der Waals surface area contributed by atoms with Crippen LogP contribution in [-0.2, 0) is 16.4 Å². The number of sulfone groups is 1. The van der Waals surface area contributed by atoms with E-state index in [9.17, 15) is 8.42 Å². The molecular weight excluding hydrogens is 272 g/mol. The molecule has 0 heterocycles. The first kappa shape index (κ1) is 14.4. The predicted octanol–water partition coefficient (Wildman–Crippen LogP) is 2.31. The first-order chi connectivity index (χ1) is 9.38. The molecule has 0 radical (unpaired) electrons. The van der Waals surface area contributed by atoms with Gasteiger partial charge in [0.2, 0.25) is 0 Å². The molecule has 0 fully saturated rings. The molecule has 4 nitrogen and oxygen atoms in total. The second kappa shape index (κ2) is 5.54. The lowest BCUT2D eigenvalue weighted by Crippen LogP contribution is -2.17. The minimum absolute atomic E-state index is 0.328. The average Bonchev–Trinajstić information content (AvgIpc) is 2.40. The Labute approximate surface area is 119 Å². The molecule has 0 atom stereocenters. The van der Waals surface area contributed by atoms with Gasteiger partial charge in [-0.25, -0.2) is 8.42 Å². The lowest BCUT2D eigenvalue weighted by molar-refractivity contribution is 0.602. The molecule has 0 aliphatic heterocycles. The largest absolute Gasteiger partial charge is 0.398 e. The van der Waals surface area contributed by atoms with Crippen molar-refractivity contribution in [2.75, 3.05) is 23.9 Å². The highest BCUT2D eigenvalue weighted by molar-refractivity contribution is 7.90. The maximum Gasteiger partial charge on any atom is 0.175 e. The van der Waals surface area contributed by atoms with E-state index < -0.39 is 9.84 Å². The summed E-state index contributed by atoms with van der Waals surface area (Å²) in [6, 6.07) is 14.6. The molecule has 0 aromatic heterocycles. The molecule has 2 N–H and O–H groups in total. The van der Waals surface area contributed by atoms with Crippen LogP contribution in [-0.4, -0.2) is 21.7 Å².